The molecule has 4 rings (SSSR count). The van der Waals surface area contributed by atoms with E-state index < -0.39 is 0 Å². The molecule has 0 N–H and O–H groups in total. The smallest absolute Gasteiger partial charge is 0.273 e. The highest BCUT2D eigenvalue weighted by atomic mass is 32.1. The lowest BCUT2D eigenvalue weighted by Crippen LogP contribution is -2.27. The molecule has 2 aromatic heterocycles. The van der Waals surface area contributed by atoms with Gasteiger partial charge in [0.25, 0.3) is 5.91 Å². The summed E-state index contributed by atoms with van der Waals surface area (Å²) >= 11 is 1.24. The summed E-state index contributed by atoms with van der Waals surface area (Å²) in [5, 5.41) is 3.12. The van der Waals surface area contributed by atoms with Crippen LogP contribution in [0.25, 0.3) is 21.5 Å². The van der Waals surface area contributed by atoms with Crippen molar-refractivity contribution < 1.29 is 9.18 Å². The van der Waals surface area contributed by atoms with Crippen LogP contribution in [0.2, 0.25) is 0 Å². The number of nitrogens with zero attached hydrogens (tertiary/aromatic N) is 4. The lowest BCUT2D eigenvalue weighted by Gasteiger charge is -2.15. The molecule has 0 unspecified atom stereocenters. The highest BCUT2D eigenvalue weighted by Gasteiger charge is 2.18. The van der Waals surface area contributed by atoms with Crippen LogP contribution in [-0.4, -0.2) is 32.8 Å². The van der Waals surface area contributed by atoms with Crippen LogP contribution in [0.5, 0.6) is 0 Å². The number of hydrogen-bond acceptors (Lipinski definition) is 5. The van der Waals surface area contributed by atoms with E-state index in [9.17, 15) is 9.18 Å². The molecule has 0 spiro atoms. The average Bonchev–Trinajstić information content (AvgIpc) is 3.17. The Kier molecular flexibility index (Phi) is 4.83. The molecule has 5 nitrogen and oxygen atoms in total. The third-order valence-electron chi connectivity index (χ3n) is 4.39. The summed E-state index contributed by atoms with van der Waals surface area (Å²) < 4.78 is 14.0. The van der Waals surface area contributed by atoms with E-state index in [1.165, 1.54) is 22.3 Å². The molecule has 0 aliphatic carbocycles. The van der Waals surface area contributed by atoms with E-state index in [1.807, 2.05) is 31.2 Å². The molecule has 7 heteroatoms. The Morgan fingerprint density at radius 2 is 1.82 bits per heavy atom. The Balaban J connectivity index is 1.55. The topological polar surface area (TPSA) is 59.0 Å². The molecule has 140 valence electrons. The summed E-state index contributed by atoms with van der Waals surface area (Å²) in [5.41, 5.74) is 2.39. The van der Waals surface area contributed by atoms with Gasteiger partial charge in [0.15, 0.2) is 0 Å². The van der Waals surface area contributed by atoms with Crippen molar-refractivity contribution in [1.29, 1.82) is 0 Å². The lowest BCUT2D eigenvalue weighted by atomic mass is 10.2. The van der Waals surface area contributed by atoms with Crippen LogP contribution in [0, 0.1) is 12.7 Å². The van der Waals surface area contributed by atoms with Crippen LogP contribution in [-0.2, 0) is 6.54 Å². The van der Waals surface area contributed by atoms with Crippen molar-refractivity contribution in [2.24, 2.45) is 0 Å². The van der Waals surface area contributed by atoms with Gasteiger partial charge in [-0.25, -0.2) is 19.3 Å². The number of carbonyl (C=O) groups excluding carboxylic acids is 1. The summed E-state index contributed by atoms with van der Waals surface area (Å²) in [4.78, 5) is 27.6. The maximum Gasteiger partial charge on any atom is 0.273 e. The van der Waals surface area contributed by atoms with Gasteiger partial charge in [-0.1, -0.05) is 30.3 Å². The quantitative estimate of drug-likeness (QED) is 0.514. The number of aromatic nitrogens is 3. The van der Waals surface area contributed by atoms with Crippen molar-refractivity contribution >= 4 is 28.1 Å². The van der Waals surface area contributed by atoms with Gasteiger partial charge in [-0.2, -0.15) is 0 Å². The van der Waals surface area contributed by atoms with Gasteiger partial charge in [0, 0.05) is 29.1 Å². The Labute approximate surface area is 165 Å². The monoisotopic (exact) mass is 392 g/mol. The second-order valence-corrected chi connectivity index (χ2v) is 7.28. The van der Waals surface area contributed by atoms with Crippen LogP contribution in [0.15, 0.2) is 53.9 Å². The predicted molar refractivity (Wildman–Crippen MR) is 108 cm³/mol. The van der Waals surface area contributed by atoms with E-state index in [2.05, 4.69) is 15.0 Å². The number of hydrogen-bond donors (Lipinski definition) is 0. The van der Waals surface area contributed by atoms with Gasteiger partial charge >= 0.3 is 0 Å². The maximum atomic E-state index is 14.0. The summed E-state index contributed by atoms with van der Waals surface area (Å²) in [7, 11) is 1.68. The van der Waals surface area contributed by atoms with Crippen molar-refractivity contribution in [2.45, 2.75) is 13.5 Å². The van der Waals surface area contributed by atoms with E-state index >= 15 is 0 Å². The first-order valence-electron chi connectivity index (χ1n) is 8.71. The molecule has 0 aliphatic heterocycles. The Hall–Kier alpha value is -3.19. The molecule has 0 fully saturated rings. The molecule has 0 aliphatic rings. The minimum atomic E-state index is -0.357. The number of rotatable bonds is 4. The van der Waals surface area contributed by atoms with Crippen LogP contribution in [0.1, 0.15) is 22.0 Å². The van der Waals surface area contributed by atoms with Crippen molar-refractivity contribution in [2.75, 3.05) is 7.05 Å². The third kappa shape index (κ3) is 3.48. The molecule has 0 radical (unpaired) electrons. The van der Waals surface area contributed by atoms with Gasteiger partial charge in [0.1, 0.15) is 22.3 Å². The van der Waals surface area contributed by atoms with E-state index in [0.29, 0.717) is 16.4 Å². The summed E-state index contributed by atoms with van der Waals surface area (Å²) in [6, 6.07) is 14.2. The number of para-hydroxylation sites is 1. The Morgan fingerprint density at radius 3 is 2.64 bits per heavy atom. The van der Waals surface area contributed by atoms with Crippen molar-refractivity contribution in [3.8, 4) is 10.6 Å². The van der Waals surface area contributed by atoms with Crippen molar-refractivity contribution in [3.05, 3.63) is 76.9 Å². The lowest BCUT2D eigenvalue weighted by molar-refractivity contribution is 0.0776. The molecule has 0 atom stereocenters. The molecular formula is C21H17FN4OS. The molecule has 4 aromatic rings. The van der Waals surface area contributed by atoms with Gasteiger partial charge in [-0.15, -0.1) is 11.3 Å². The zero-order chi connectivity index (χ0) is 19.7. The first kappa shape index (κ1) is 18.2. The number of benzene rings is 2. The highest BCUT2D eigenvalue weighted by molar-refractivity contribution is 7.13. The molecule has 2 aromatic carbocycles. The van der Waals surface area contributed by atoms with Gasteiger partial charge in [-0.3, -0.25) is 4.79 Å². The van der Waals surface area contributed by atoms with Crippen LogP contribution in [0.3, 0.4) is 0 Å². The van der Waals surface area contributed by atoms with Gasteiger partial charge in [0.05, 0.1) is 12.1 Å². The van der Waals surface area contributed by atoms with Crippen LogP contribution in [0.4, 0.5) is 4.39 Å². The summed E-state index contributed by atoms with van der Waals surface area (Å²) in [6.07, 6.45) is 0. The van der Waals surface area contributed by atoms with Crippen molar-refractivity contribution in [3.63, 3.8) is 0 Å². The fourth-order valence-electron chi connectivity index (χ4n) is 2.98. The number of amides is 1. The number of aryl methyl sites for hydroxylation is 1. The highest BCUT2D eigenvalue weighted by Crippen LogP contribution is 2.26. The fraction of sp³-hybridized carbons (Fsp3) is 0.143. The molecule has 0 saturated heterocycles. The maximum absolute atomic E-state index is 14.0. The fourth-order valence-corrected chi connectivity index (χ4v) is 3.80. The Morgan fingerprint density at radius 1 is 1.07 bits per heavy atom. The minimum Gasteiger partial charge on any atom is -0.333 e. The van der Waals surface area contributed by atoms with E-state index in [1.54, 1.807) is 30.6 Å². The molecule has 0 bridgehead atoms. The number of fused-ring (bicyclic) bond motifs is 1. The van der Waals surface area contributed by atoms with Crippen LogP contribution < -0.4 is 0 Å². The van der Waals surface area contributed by atoms with Gasteiger partial charge in [-0.05, 0) is 25.1 Å². The Bertz CT molecular complexity index is 1170. The summed E-state index contributed by atoms with van der Waals surface area (Å²) in [5.74, 6) is -0.0471. The van der Waals surface area contributed by atoms with E-state index in [-0.39, 0.29) is 24.0 Å². The van der Waals surface area contributed by atoms with Gasteiger partial charge in [0.2, 0.25) is 0 Å². The van der Waals surface area contributed by atoms with Gasteiger partial charge < -0.3 is 4.90 Å². The normalized spacial score (nSPS) is 11.0. The summed E-state index contributed by atoms with van der Waals surface area (Å²) in [6.45, 7) is 2.19. The third-order valence-corrected chi connectivity index (χ3v) is 5.27. The van der Waals surface area contributed by atoms with Crippen LogP contribution >= 0.6 is 11.3 Å². The van der Waals surface area contributed by atoms with Crippen molar-refractivity contribution in [1.82, 2.24) is 19.9 Å². The molecule has 28 heavy (non-hydrogen) atoms. The zero-order valence-electron chi connectivity index (χ0n) is 15.4. The average molecular weight is 392 g/mol. The SMILES string of the molecule is Cc1nc(CN(C)C(=O)c2csc(-c3ccccc3F)n2)nc2ccccc12. The standard InChI is InChI=1S/C21H17FN4OS/c1-13-14-7-4-6-10-17(14)24-19(23-13)11-26(2)21(27)18-12-28-20(25-18)15-8-3-5-9-16(15)22/h3-10,12H,11H2,1-2H3. The van der Waals surface area contributed by atoms with E-state index in [4.69, 9.17) is 0 Å². The minimum absolute atomic E-state index is 0.256. The molecule has 0 saturated carbocycles. The number of halogens is 1. The second-order valence-electron chi connectivity index (χ2n) is 6.42. The zero-order valence-corrected chi connectivity index (χ0v) is 16.2. The number of carbonyl (C=O) groups is 1. The molecule has 1 amide bonds. The molecule has 2 heterocycles. The number of thiazole rings is 1. The largest absolute Gasteiger partial charge is 0.333 e. The predicted octanol–water partition coefficient (Wildman–Crippen LogP) is 4.47. The van der Waals surface area contributed by atoms with E-state index in [0.717, 1.165) is 16.6 Å². The first-order chi connectivity index (χ1) is 13.5. The first-order valence-corrected chi connectivity index (χ1v) is 9.59. The molecular weight excluding hydrogens is 375 g/mol. The second kappa shape index (κ2) is 7.44.